The highest BCUT2D eigenvalue weighted by atomic mass is 16.5. The van der Waals surface area contributed by atoms with E-state index in [1.54, 1.807) is 0 Å². The topological polar surface area (TPSA) is 48.9 Å². The SMILES string of the molecule is CN=C(NCCCN(C)C1CCCCC1)NCC1(C)CCCO1. The van der Waals surface area contributed by atoms with Crippen LogP contribution in [0.3, 0.4) is 0 Å². The summed E-state index contributed by atoms with van der Waals surface area (Å²) in [5, 5.41) is 6.83. The lowest BCUT2D eigenvalue weighted by molar-refractivity contribution is 0.0243. The molecule has 0 aromatic rings. The molecule has 1 saturated carbocycles. The third-order valence-corrected chi connectivity index (χ3v) is 5.33. The van der Waals surface area contributed by atoms with Gasteiger partial charge in [-0.1, -0.05) is 19.3 Å². The molecule has 0 aromatic carbocycles. The number of guanidine groups is 1. The summed E-state index contributed by atoms with van der Waals surface area (Å²) < 4.78 is 5.81. The average Bonchev–Trinajstić information content (AvgIpc) is 3.01. The van der Waals surface area contributed by atoms with Gasteiger partial charge in [-0.25, -0.2) is 0 Å². The molecule has 1 heterocycles. The van der Waals surface area contributed by atoms with Crippen molar-refractivity contribution in [1.82, 2.24) is 15.5 Å². The molecule has 0 radical (unpaired) electrons. The first kappa shape index (κ1) is 18.5. The average molecular weight is 325 g/mol. The quantitative estimate of drug-likeness (QED) is 0.429. The lowest BCUT2D eigenvalue weighted by Crippen LogP contribution is -2.46. The zero-order chi connectivity index (χ0) is 16.5. The molecule has 1 aliphatic heterocycles. The van der Waals surface area contributed by atoms with Crippen LogP contribution < -0.4 is 10.6 Å². The smallest absolute Gasteiger partial charge is 0.191 e. The molecule has 5 heteroatoms. The van der Waals surface area contributed by atoms with Gasteiger partial charge in [0, 0.05) is 32.8 Å². The predicted octanol–water partition coefficient (Wildman–Crippen LogP) is 2.38. The third kappa shape index (κ3) is 6.30. The first-order valence-corrected chi connectivity index (χ1v) is 9.42. The molecule has 0 amide bonds. The molecule has 2 aliphatic rings. The van der Waals surface area contributed by atoms with Gasteiger partial charge in [-0.3, -0.25) is 4.99 Å². The van der Waals surface area contributed by atoms with Crippen molar-refractivity contribution in [3.05, 3.63) is 0 Å². The van der Waals surface area contributed by atoms with Gasteiger partial charge in [-0.2, -0.15) is 0 Å². The second-order valence-corrected chi connectivity index (χ2v) is 7.38. The first-order chi connectivity index (χ1) is 11.1. The van der Waals surface area contributed by atoms with E-state index in [1.165, 1.54) is 32.1 Å². The van der Waals surface area contributed by atoms with E-state index >= 15 is 0 Å². The van der Waals surface area contributed by atoms with E-state index < -0.39 is 0 Å². The van der Waals surface area contributed by atoms with Crippen LogP contribution in [0.1, 0.15) is 58.3 Å². The number of aliphatic imine (C=N–C) groups is 1. The zero-order valence-corrected chi connectivity index (χ0v) is 15.4. The second-order valence-electron chi connectivity index (χ2n) is 7.38. The van der Waals surface area contributed by atoms with Crippen LogP contribution in [0.25, 0.3) is 0 Å². The van der Waals surface area contributed by atoms with E-state index in [9.17, 15) is 0 Å². The molecule has 0 spiro atoms. The van der Waals surface area contributed by atoms with Gasteiger partial charge in [0.15, 0.2) is 5.96 Å². The number of hydrogen-bond donors (Lipinski definition) is 2. The summed E-state index contributed by atoms with van der Waals surface area (Å²) in [4.78, 5) is 6.86. The van der Waals surface area contributed by atoms with E-state index in [0.29, 0.717) is 0 Å². The molecule has 5 nitrogen and oxygen atoms in total. The van der Waals surface area contributed by atoms with Crippen LogP contribution in [0.2, 0.25) is 0 Å². The van der Waals surface area contributed by atoms with Crippen molar-refractivity contribution in [3.63, 3.8) is 0 Å². The van der Waals surface area contributed by atoms with Crippen molar-refractivity contribution in [3.8, 4) is 0 Å². The number of rotatable bonds is 7. The van der Waals surface area contributed by atoms with E-state index in [4.69, 9.17) is 4.74 Å². The highest BCUT2D eigenvalue weighted by Gasteiger charge is 2.29. The molecule has 1 aliphatic carbocycles. The Bertz CT molecular complexity index is 360. The summed E-state index contributed by atoms with van der Waals surface area (Å²) in [5.41, 5.74) is -0.0289. The van der Waals surface area contributed by atoms with Crippen LogP contribution in [-0.2, 0) is 4.74 Å². The minimum Gasteiger partial charge on any atom is -0.373 e. The third-order valence-electron chi connectivity index (χ3n) is 5.33. The number of ether oxygens (including phenoxy) is 1. The summed E-state index contributed by atoms with van der Waals surface area (Å²) in [6, 6.07) is 0.806. The van der Waals surface area contributed by atoms with Gasteiger partial charge in [0.05, 0.1) is 5.60 Å². The van der Waals surface area contributed by atoms with E-state index in [-0.39, 0.29) is 5.60 Å². The largest absolute Gasteiger partial charge is 0.373 e. The minimum absolute atomic E-state index is 0.0289. The summed E-state index contributed by atoms with van der Waals surface area (Å²) in [6.45, 7) is 6.02. The molecule has 0 aromatic heterocycles. The normalized spacial score (nSPS) is 26.7. The van der Waals surface area contributed by atoms with Crippen molar-refractivity contribution in [1.29, 1.82) is 0 Å². The molecule has 0 bridgehead atoms. The number of nitrogens with zero attached hydrogens (tertiary/aromatic N) is 2. The molecular weight excluding hydrogens is 288 g/mol. The monoisotopic (exact) mass is 324 g/mol. The summed E-state index contributed by atoms with van der Waals surface area (Å²) in [6.07, 6.45) is 10.5. The Balaban J connectivity index is 1.58. The van der Waals surface area contributed by atoms with Crippen molar-refractivity contribution >= 4 is 5.96 Å². The summed E-state index contributed by atoms with van der Waals surface area (Å²) in [7, 11) is 4.11. The summed E-state index contributed by atoms with van der Waals surface area (Å²) in [5.74, 6) is 0.891. The second kappa shape index (κ2) is 9.48. The molecule has 1 saturated heterocycles. The maximum Gasteiger partial charge on any atom is 0.191 e. The van der Waals surface area contributed by atoms with Gasteiger partial charge in [-0.15, -0.1) is 0 Å². The fourth-order valence-corrected chi connectivity index (χ4v) is 3.71. The van der Waals surface area contributed by atoms with Gasteiger partial charge in [0.1, 0.15) is 0 Å². The Morgan fingerprint density at radius 1 is 1.22 bits per heavy atom. The molecule has 2 fully saturated rings. The Hall–Kier alpha value is -0.810. The van der Waals surface area contributed by atoms with Gasteiger partial charge in [0.2, 0.25) is 0 Å². The predicted molar refractivity (Wildman–Crippen MR) is 97.1 cm³/mol. The fraction of sp³-hybridized carbons (Fsp3) is 0.944. The lowest BCUT2D eigenvalue weighted by atomic mass is 9.94. The molecular formula is C18H36N4O. The van der Waals surface area contributed by atoms with Crippen molar-refractivity contribution < 1.29 is 4.74 Å². The van der Waals surface area contributed by atoms with Crippen LogP contribution in [0.5, 0.6) is 0 Å². The maximum absolute atomic E-state index is 5.81. The van der Waals surface area contributed by atoms with Crippen LogP contribution in [0.4, 0.5) is 0 Å². The maximum atomic E-state index is 5.81. The highest BCUT2D eigenvalue weighted by Crippen LogP contribution is 2.24. The number of nitrogens with one attached hydrogen (secondary N) is 2. The van der Waals surface area contributed by atoms with Gasteiger partial charge in [0.25, 0.3) is 0 Å². The highest BCUT2D eigenvalue weighted by molar-refractivity contribution is 5.79. The minimum atomic E-state index is -0.0289. The van der Waals surface area contributed by atoms with Gasteiger partial charge >= 0.3 is 0 Å². The first-order valence-electron chi connectivity index (χ1n) is 9.42. The summed E-state index contributed by atoms with van der Waals surface area (Å²) >= 11 is 0. The standard InChI is InChI=1S/C18H36N4O/c1-18(11-7-14-23-18)15-21-17(19-2)20-12-8-13-22(3)16-9-5-4-6-10-16/h16H,4-15H2,1-3H3,(H2,19,20,21). The Morgan fingerprint density at radius 3 is 2.65 bits per heavy atom. The van der Waals surface area contributed by atoms with Gasteiger partial charge in [-0.05, 0) is 52.6 Å². The molecule has 1 atom stereocenters. The Labute approximate surface area is 142 Å². The van der Waals surface area contributed by atoms with Crippen LogP contribution in [-0.4, -0.2) is 62.8 Å². The van der Waals surface area contributed by atoms with E-state index in [2.05, 4.69) is 34.5 Å². The zero-order valence-electron chi connectivity index (χ0n) is 15.4. The Morgan fingerprint density at radius 2 is 2.00 bits per heavy atom. The van der Waals surface area contributed by atoms with Crippen LogP contribution >= 0.6 is 0 Å². The van der Waals surface area contributed by atoms with Crippen LogP contribution in [0, 0.1) is 0 Å². The van der Waals surface area contributed by atoms with E-state index in [1.807, 2.05) is 7.05 Å². The van der Waals surface area contributed by atoms with Crippen LogP contribution in [0.15, 0.2) is 4.99 Å². The van der Waals surface area contributed by atoms with Crippen molar-refractivity contribution in [2.75, 3.05) is 40.3 Å². The number of hydrogen-bond acceptors (Lipinski definition) is 3. The fourth-order valence-electron chi connectivity index (χ4n) is 3.71. The molecule has 134 valence electrons. The molecule has 1 unspecified atom stereocenters. The Kier molecular flexibility index (Phi) is 7.63. The van der Waals surface area contributed by atoms with Gasteiger partial charge < -0.3 is 20.3 Å². The molecule has 2 N–H and O–H groups in total. The van der Waals surface area contributed by atoms with Crippen molar-refractivity contribution in [2.24, 2.45) is 4.99 Å². The van der Waals surface area contributed by atoms with E-state index in [0.717, 1.165) is 57.5 Å². The molecule has 23 heavy (non-hydrogen) atoms. The molecule has 2 rings (SSSR count). The lowest BCUT2D eigenvalue weighted by Gasteiger charge is -2.31. The van der Waals surface area contributed by atoms with Crippen molar-refractivity contribution in [2.45, 2.75) is 69.9 Å².